The van der Waals surface area contributed by atoms with Crippen LogP contribution < -0.4 is 9.47 Å². The van der Waals surface area contributed by atoms with Crippen molar-refractivity contribution in [1.29, 1.82) is 0 Å². The molecule has 0 bridgehead atoms. The Labute approximate surface area is 104 Å². The van der Waals surface area contributed by atoms with Crippen molar-refractivity contribution in [2.75, 3.05) is 14.2 Å². The summed E-state index contributed by atoms with van der Waals surface area (Å²) < 4.78 is 10.4. The minimum atomic E-state index is -0.912. The van der Waals surface area contributed by atoms with Gasteiger partial charge in [-0.3, -0.25) is 9.78 Å². The van der Waals surface area contributed by atoms with Gasteiger partial charge in [-0.15, -0.1) is 0 Å². The number of nitrogens with zero attached hydrogens (tertiary/aromatic N) is 1. The predicted molar refractivity (Wildman–Crippen MR) is 66.2 cm³/mol. The van der Waals surface area contributed by atoms with Crippen molar-refractivity contribution >= 4 is 16.7 Å². The number of hydrogen-bond donors (Lipinski definition) is 1. The van der Waals surface area contributed by atoms with Crippen molar-refractivity contribution in [2.24, 2.45) is 0 Å². The maximum atomic E-state index is 10.8. The minimum absolute atomic E-state index is 0.118. The summed E-state index contributed by atoms with van der Waals surface area (Å²) in [4.78, 5) is 14.9. The predicted octanol–water partition coefficient (Wildman–Crippen LogP) is 1.88. The van der Waals surface area contributed by atoms with Gasteiger partial charge < -0.3 is 14.6 Å². The zero-order valence-electron chi connectivity index (χ0n) is 10.1. The van der Waals surface area contributed by atoms with E-state index in [1.165, 1.54) is 7.11 Å². The van der Waals surface area contributed by atoms with E-state index in [0.29, 0.717) is 17.2 Å². The Bertz CT molecular complexity index is 595. The van der Waals surface area contributed by atoms with Crippen LogP contribution in [0.15, 0.2) is 24.4 Å². The second-order valence-electron chi connectivity index (χ2n) is 3.76. The summed E-state index contributed by atoms with van der Waals surface area (Å²) >= 11 is 0. The van der Waals surface area contributed by atoms with Crippen LogP contribution >= 0.6 is 0 Å². The fraction of sp³-hybridized carbons (Fsp3) is 0.231. The second kappa shape index (κ2) is 4.91. The van der Waals surface area contributed by atoms with E-state index in [1.807, 2.05) is 6.07 Å². The molecule has 0 amide bonds. The molecule has 94 valence electrons. The summed E-state index contributed by atoms with van der Waals surface area (Å²) in [6.45, 7) is 0. The molecule has 0 radical (unpaired) electrons. The molecule has 5 nitrogen and oxygen atoms in total. The van der Waals surface area contributed by atoms with Crippen LogP contribution in [0.1, 0.15) is 5.69 Å². The summed E-state index contributed by atoms with van der Waals surface area (Å²) in [5, 5.41) is 10.5. The summed E-state index contributed by atoms with van der Waals surface area (Å²) in [5.41, 5.74) is 0.515. The van der Waals surface area contributed by atoms with E-state index in [0.717, 1.165) is 10.8 Å². The Balaban J connectivity index is 2.64. The third-order valence-electron chi connectivity index (χ3n) is 2.67. The minimum Gasteiger partial charge on any atom is -0.493 e. The molecule has 0 unspecified atom stereocenters. The standard InChI is InChI=1S/C13H13NO4/c1-17-11-5-8-3-4-14-10(7-13(15)16)9(8)6-12(11)18-2/h3-6H,7H2,1-2H3,(H,15,16). The van der Waals surface area contributed by atoms with Gasteiger partial charge in [-0.25, -0.2) is 0 Å². The van der Waals surface area contributed by atoms with Gasteiger partial charge >= 0.3 is 5.97 Å². The normalized spacial score (nSPS) is 10.3. The molecule has 1 aromatic heterocycles. The molecule has 1 N–H and O–H groups in total. The van der Waals surface area contributed by atoms with Crippen molar-refractivity contribution in [3.05, 3.63) is 30.1 Å². The lowest BCUT2D eigenvalue weighted by molar-refractivity contribution is -0.136. The van der Waals surface area contributed by atoms with Crippen LogP contribution in [0.5, 0.6) is 11.5 Å². The van der Waals surface area contributed by atoms with Crippen LogP contribution in [0.25, 0.3) is 10.8 Å². The molecule has 0 fully saturated rings. The van der Waals surface area contributed by atoms with Gasteiger partial charge in [-0.1, -0.05) is 0 Å². The average Bonchev–Trinajstić information content (AvgIpc) is 2.37. The Morgan fingerprint density at radius 3 is 2.56 bits per heavy atom. The first-order valence-electron chi connectivity index (χ1n) is 5.37. The summed E-state index contributed by atoms with van der Waals surface area (Å²) in [6.07, 6.45) is 1.47. The van der Waals surface area contributed by atoms with Crippen molar-refractivity contribution in [1.82, 2.24) is 4.98 Å². The van der Waals surface area contributed by atoms with E-state index >= 15 is 0 Å². The van der Waals surface area contributed by atoms with Gasteiger partial charge in [0.2, 0.25) is 0 Å². The molecule has 0 atom stereocenters. The number of benzene rings is 1. The van der Waals surface area contributed by atoms with Crippen molar-refractivity contribution in [3.8, 4) is 11.5 Å². The van der Waals surface area contributed by atoms with E-state index in [2.05, 4.69) is 4.98 Å². The van der Waals surface area contributed by atoms with E-state index in [1.54, 1.807) is 25.4 Å². The van der Waals surface area contributed by atoms with Gasteiger partial charge in [0.1, 0.15) is 0 Å². The zero-order chi connectivity index (χ0) is 13.1. The molecule has 0 aliphatic carbocycles. The van der Waals surface area contributed by atoms with Crippen molar-refractivity contribution in [2.45, 2.75) is 6.42 Å². The first kappa shape index (κ1) is 12.2. The number of hydrogen-bond acceptors (Lipinski definition) is 4. The highest BCUT2D eigenvalue weighted by molar-refractivity contribution is 5.90. The summed E-state index contributed by atoms with van der Waals surface area (Å²) in [6, 6.07) is 5.36. The second-order valence-corrected chi connectivity index (χ2v) is 3.76. The number of ether oxygens (including phenoxy) is 2. The number of methoxy groups -OCH3 is 2. The highest BCUT2D eigenvalue weighted by Crippen LogP contribution is 2.33. The molecule has 2 rings (SSSR count). The highest BCUT2D eigenvalue weighted by atomic mass is 16.5. The van der Waals surface area contributed by atoms with Gasteiger partial charge in [0.15, 0.2) is 11.5 Å². The molecular weight excluding hydrogens is 234 g/mol. The fourth-order valence-corrected chi connectivity index (χ4v) is 1.84. The smallest absolute Gasteiger partial charge is 0.309 e. The lowest BCUT2D eigenvalue weighted by atomic mass is 10.1. The van der Waals surface area contributed by atoms with Gasteiger partial charge in [0.25, 0.3) is 0 Å². The first-order valence-corrected chi connectivity index (χ1v) is 5.37. The van der Waals surface area contributed by atoms with Gasteiger partial charge in [-0.2, -0.15) is 0 Å². The molecule has 0 saturated carbocycles. The van der Waals surface area contributed by atoms with Crippen LogP contribution in [-0.4, -0.2) is 30.3 Å². The SMILES string of the molecule is COc1cc2ccnc(CC(=O)O)c2cc1OC. The molecule has 0 aliphatic rings. The van der Waals surface area contributed by atoms with Crippen LogP contribution in [0.4, 0.5) is 0 Å². The van der Waals surface area contributed by atoms with E-state index in [9.17, 15) is 4.79 Å². The van der Waals surface area contributed by atoms with E-state index in [4.69, 9.17) is 14.6 Å². The number of fused-ring (bicyclic) bond motifs is 1. The van der Waals surface area contributed by atoms with E-state index < -0.39 is 5.97 Å². The first-order chi connectivity index (χ1) is 8.65. The molecule has 18 heavy (non-hydrogen) atoms. The van der Waals surface area contributed by atoms with Crippen LogP contribution in [0.3, 0.4) is 0 Å². The Hall–Kier alpha value is -2.30. The van der Waals surface area contributed by atoms with Crippen LogP contribution in [0, 0.1) is 0 Å². The van der Waals surface area contributed by atoms with Gasteiger partial charge in [0, 0.05) is 11.6 Å². The van der Waals surface area contributed by atoms with Crippen molar-refractivity contribution in [3.63, 3.8) is 0 Å². The average molecular weight is 247 g/mol. The third kappa shape index (κ3) is 2.20. The molecule has 0 aliphatic heterocycles. The Morgan fingerprint density at radius 2 is 1.94 bits per heavy atom. The number of carboxylic acids is 1. The maximum Gasteiger partial charge on any atom is 0.309 e. The molecule has 1 heterocycles. The summed E-state index contributed by atoms with van der Waals surface area (Å²) in [7, 11) is 3.10. The number of aliphatic carboxylic acids is 1. The Kier molecular flexibility index (Phi) is 3.32. The topological polar surface area (TPSA) is 68.7 Å². The van der Waals surface area contributed by atoms with E-state index in [-0.39, 0.29) is 6.42 Å². The lowest BCUT2D eigenvalue weighted by Crippen LogP contribution is -2.03. The number of rotatable bonds is 4. The van der Waals surface area contributed by atoms with Gasteiger partial charge in [0.05, 0.1) is 26.3 Å². The molecule has 0 saturated heterocycles. The monoisotopic (exact) mass is 247 g/mol. The molecule has 5 heteroatoms. The third-order valence-corrected chi connectivity index (χ3v) is 2.67. The number of carboxylic acid groups (broad SMARTS) is 1. The van der Waals surface area contributed by atoms with Crippen LogP contribution in [-0.2, 0) is 11.2 Å². The highest BCUT2D eigenvalue weighted by Gasteiger charge is 2.11. The number of carbonyl (C=O) groups is 1. The molecule has 2 aromatic rings. The fourth-order valence-electron chi connectivity index (χ4n) is 1.84. The molecule has 0 spiro atoms. The van der Waals surface area contributed by atoms with Gasteiger partial charge in [-0.05, 0) is 23.6 Å². The Morgan fingerprint density at radius 1 is 1.28 bits per heavy atom. The zero-order valence-corrected chi connectivity index (χ0v) is 10.1. The lowest BCUT2D eigenvalue weighted by Gasteiger charge is -2.10. The summed E-state index contributed by atoms with van der Waals surface area (Å²) in [5.74, 6) is 0.256. The largest absolute Gasteiger partial charge is 0.493 e. The maximum absolute atomic E-state index is 10.8. The molecule has 1 aromatic carbocycles. The molecular formula is C13H13NO4. The number of aromatic nitrogens is 1. The van der Waals surface area contributed by atoms with Crippen LogP contribution in [0.2, 0.25) is 0 Å². The number of pyridine rings is 1. The van der Waals surface area contributed by atoms with Crippen molar-refractivity contribution < 1.29 is 19.4 Å². The quantitative estimate of drug-likeness (QED) is 0.893.